The average molecular weight is 215 g/mol. The first kappa shape index (κ1) is 10.4. The zero-order chi connectivity index (χ0) is 11.2. The van der Waals surface area contributed by atoms with E-state index in [9.17, 15) is 0 Å². The molecule has 4 nitrogen and oxygen atoms in total. The molecular formula is C12H13N3O. The smallest absolute Gasteiger partial charge is 0.225 e. The molecular weight excluding hydrogens is 202 g/mol. The van der Waals surface area contributed by atoms with Crippen LogP contribution in [0.3, 0.4) is 0 Å². The van der Waals surface area contributed by atoms with Crippen LogP contribution < -0.4 is 10.1 Å². The van der Waals surface area contributed by atoms with Crippen LogP contribution >= 0.6 is 0 Å². The van der Waals surface area contributed by atoms with Gasteiger partial charge in [-0.3, -0.25) is 0 Å². The molecule has 1 aromatic carbocycles. The summed E-state index contributed by atoms with van der Waals surface area (Å²) in [4.78, 5) is 8.17. The second kappa shape index (κ2) is 5.11. The van der Waals surface area contributed by atoms with Gasteiger partial charge in [-0.2, -0.15) is 4.98 Å². The normalized spacial score (nSPS) is 9.81. The van der Waals surface area contributed by atoms with Crippen molar-refractivity contribution in [1.82, 2.24) is 9.97 Å². The lowest BCUT2D eigenvalue weighted by Gasteiger charge is -2.05. The van der Waals surface area contributed by atoms with E-state index in [0.717, 1.165) is 5.56 Å². The number of aromatic nitrogens is 2. The number of nitrogens with zero attached hydrogens (tertiary/aromatic N) is 2. The Morgan fingerprint density at radius 1 is 1.19 bits per heavy atom. The Balaban J connectivity index is 1.99. The molecule has 0 spiro atoms. The monoisotopic (exact) mass is 215 g/mol. The number of ether oxygens (including phenoxy) is 1. The van der Waals surface area contributed by atoms with Crippen molar-refractivity contribution in [2.75, 3.05) is 12.4 Å². The largest absolute Gasteiger partial charge is 0.473 e. The summed E-state index contributed by atoms with van der Waals surface area (Å²) in [5.74, 6) is 1.13. The quantitative estimate of drug-likeness (QED) is 0.848. The lowest BCUT2D eigenvalue weighted by molar-refractivity contribution is 0.294. The van der Waals surface area contributed by atoms with Gasteiger partial charge in [-0.1, -0.05) is 30.3 Å². The molecule has 0 aliphatic carbocycles. The molecule has 0 amide bonds. The topological polar surface area (TPSA) is 47.0 Å². The Morgan fingerprint density at radius 2 is 2.00 bits per heavy atom. The fourth-order valence-electron chi connectivity index (χ4n) is 1.27. The van der Waals surface area contributed by atoms with Gasteiger partial charge in [0.2, 0.25) is 11.8 Å². The minimum atomic E-state index is 0.515. The third kappa shape index (κ3) is 2.70. The van der Waals surface area contributed by atoms with E-state index in [0.29, 0.717) is 18.4 Å². The van der Waals surface area contributed by atoms with E-state index in [2.05, 4.69) is 15.3 Å². The number of hydrogen-bond donors (Lipinski definition) is 1. The number of anilines is 1. The van der Waals surface area contributed by atoms with Crippen LogP contribution in [0, 0.1) is 0 Å². The Labute approximate surface area is 94.3 Å². The van der Waals surface area contributed by atoms with E-state index in [1.165, 1.54) is 0 Å². The van der Waals surface area contributed by atoms with Crippen molar-refractivity contribution in [3.63, 3.8) is 0 Å². The third-order valence-corrected chi connectivity index (χ3v) is 2.08. The summed E-state index contributed by atoms with van der Waals surface area (Å²) in [7, 11) is 1.77. The van der Waals surface area contributed by atoms with Crippen LogP contribution in [0.2, 0.25) is 0 Å². The standard InChI is InChI=1S/C12H13N3O/c1-13-12-14-8-7-11(15-12)16-9-10-5-3-2-4-6-10/h2-8H,9H2,1H3,(H,13,14,15). The Bertz CT molecular complexity index is 445. The molecule has 2 rings (SSSR count). The molecule has 1 N–H and O–H groups in total. The van der Waals surface area contributed by atoms with Crippen molar-refractivity contribution in [2.45, 2.75) is 6.61 Å². The van der Waals surface area contributed by atoms with Crippen molar-refractivity contribution in [1.29, 1.82) is 0 Å². The van der Waals surface area contributed by atoms with E-state index in [1.807, 2.05) is 30.3 Å². The fourth-order valence-corrected chi connectivity index (χ4v) is 1.27. The second-order valence-electron chi connectivity index (χ2n) is 3.24. The maximum atomic E-state index is 5.54. The minimum absolute atomic E-state index is 0.515. The predicted molar refractivity (Wildman–Crippen MR) is 62.4 cm³/mol. The molecule has 82 valence electrons. The molecule has 1 aromatic heterocycles. The first-order valence-corrected chi connectivity index (χ1v) is 5.06. The molecule has 0 saturated carbocycles. The van der Waals surface area contributed by atoms with Gasteiger partial charge < -0.3 is 10.1 Å². The molecule has 0 saturated heterocycles. The SMILES string of the molecule is CNc1nccc(OCc2ccccc2)n1. The fraction of sp³-hybridized carbons (Fsp3) is 0.167. The summed E-state index contributed by atoms with van der Waals surface area (Å²) in [5.41, 5.74) is 1.12. The Kier molecular flexibility index (Phi) is 3.33. The lowest BCUT2D eigenvalue weighted by atomic mass is 10.2. The summed E-state index contributed by atoms with van der Waals surface area (Å²) >= 11 is 0. The highest BCUT2D eigenvalue weighted by Crippen LogP contribution is 2.10. The summed E-state index contributed by atoms with van der Waals surface area (Å²) in [6, 6.07) is 11.7. The highest BCUT2D eigenvalue weighted by molar-refractivity contribution is 5.26. The molecule has 0 aliphatic heterocycles. The van der Waals surface area contributed by atoms with Gasteiger partial charge in [0.15, 0.2) is 0 Å². The molecule has 4 heteroatoms. The van der Waals surface area contributed by atoms with Gasteiger partial charge in [0.05, 0.1) is 0 Å². The van der Waals surface area contributed by atoms with Gasteiger partial charge in [0.25, 0.3) is 0 Å². The summed E-state index contributed by atoms with van der Waals surface area (Å²) < 4.78 is 5.54. The highest BCUT2D eigenvalue weighted by Gasteiger charge is 1.98. The van der Waals surface area contributed by atoms with Gasteiger partial charge >= 0.3 is 0 Å². The molecule has 0 aliphatic rings. The van der Waals surface area contributed by atoms with E-state index in [4.69, 9.17) is 4.74 Å². The second-order valence-corrected chi connectivity index (χ2v) is 3.24. The van der Waals surface area contributed by atoms with Crippen molar-refractivity contribution in [3.05, 3.63) is 48.2 Å². The van der Waals surface area contributed by atoms with E-state index in [1.54, 1.807) is 19.3 Å². The highest BCUT2D eigenvalue weighted by atomic mass is 16.5. The first-order valence-electron chi connectivity index (χ1n) is 5.06. The van der Waals surface area contributed by atoms with E-state index in [-0.39, 0.29) is 0 Å². The molecule has 0 radical (unpaired) electrons. The number of hydrogen-bond acceptors (Lipinski definition) is 4. The molecule has 0 bridgehead atoms. The van der Waals surface area contributed by atoms with Gasteiger partial charge in [-0.15, -0.1) is 0 Å². The van der Waals surface area contributed by atoms with Gasteiger partial charge in [-0.05, 0) is 5.56 Å². The van der Waals surface area contributed by atoms with Crippen molar-refractivity contribution >= 4 is 5.95 Å². The number of benzene rings is 1. The Hall–Kier alpha value is -2.10. The van der Waals surface area contributed by atoms with Crippen molar-refractivity contribution in [3.8, 4) is 5.88 Å². The molecule has 0 unspecified atom stereocenters. The molecule has 0 fully saturated rings. The van der Waals surface area contributed by atoms with Crippen LogP contribution in [0.4, 0.5) is 5.95 Å². The van der Waals surface area contributed by atoms with Crippen molar-refractivity contribution in [2.24, 2.45) is 0 Å². The zero-order valence-corrected chi connectivity index (χ0v) is 9.05. The zero-order valence-electron chi connectivity index (χ0n) is 9.05. The van der Waals surface area contributed by atoms with Crippen LogP contribution in [-0.4, -0.2) is 17.0 Å². The molecule has 2 aromatic rings. The van der Waals surface area contributed by atoms with Crippen LogP contribution in [-0.2, 0) is 6.61 Å². The van der Waals surface area contributed by atoms with Gasteiger partial charge in [-0.25, -0.2) is 4.98 Å². The summed E-state index contributed by atoms with van der Waals surface area (Å²) in [6.07, 6.45) is 1.67. The molecule has 0 atom stereocenters. The maximum absolute atomic E-state index is 5.54. The summed E-state index contributed by atoms with van der Waals surface area (Å²) in [6.45, 7) is 0.515. The van der Waals surface area contributed by atoms with Crippen LogP contribution in [0.5, 0.6) is 5.88 Å². The predicted octanol–water partition coefficient (Wildman–Crippen LogP) is 2.10. The maximum Gasteiger partial charge on any atom is 0.225 e. The first-order chi connectivity index (χ1) is 7.88. The average Bonchev–Trinajstić information content (AvgIpc) is 2.38. The lowest BCUT2D eigenvalue weighted by Crippen LogP contribution is -2.00. The minimum Gasteiger partial charge on any atom is -0.473 e. The van der Waals surface area contributed by atoms with Crippen LogP contribution in [0.25, 0.3) is 0 Å². The number of nitrogens with one attached hydrogen (secondary N) is 1. The summed E-state index contributed by atoms with van der Waals surface area (Å²) in [5, 5.41) is 2.86. The number of rotatable bonds is 4. The van der Waals surface area contributed by atoms with E-state index < -0.39 is 0 Å². The molecule has 1 heterocycles. The van der Waals surface area contributed by atoms with Crippen molar-refractivity contribution < 1.29 is 4.74 Å². The molecule has 16 heavy (non-hydrogen) atoms. The van der Waals surface area contributed by atoms with E-state index >= 15 is 0 Å². The van der Waals surface area contributed by atoms with Gasteiger partial charge in [0, 0.05) is 19.3 Å². The third-order valence-electron chi connectivity index (χ3n) is 2.08. The van der Waals surface area contributed by atoms with Gasteiger partial charge in [0.1, 0.15) is 6.61 Å². The van der Waals surface area contributed by atoms with Crippen LogP contribution in [0.1, 0.15) is 5.56 Å². The Morgan fingerprint density at radius 3 is 2.75 bits per heavy atom. The van der Waals surface area contributed by atoms with Crippen LogP contribution in [0.15, 0.2) is 42.6 Å².